The van der Waals surface area contributed by atoms with Gasteiger partial charge in [0.05, 0.1) is 18.6 Å². The Hall–Kier alpha value is -4.41. The second kappa shape index (κ2) is 9.16. The first-order valence-corrected chi connectivity index (χ1v) is 9.35. The molecule has 1 saturated heterocycles. The number of urea groups is 1. The fraction of sp³-hybridized carbons (Fsp3) is 0.190. The van der Waals surface area contributed by atoms with Gasteiger partial charge in [0, 0.05) is 12.1 Å². The number of rotatable bonds is 8. The summed E-state index contributed by atoms with van der Waals surface area (Å²) >= 11 is 0. The molecule has 0 aromatic heterocycles. The molecule has 0 unspecified atom stereocenters. The van der Waals surface area contributed by atoms with E-state index in [1.807, 2.05) is 0 Å². The number of nitro benzene ring substituents is 1. The predicted molar refractivity (Wildman–Crippen MR) is 111 cm³/mol. The maximum absolute atomic E-state index is 12.7. The number of carbonyl (C=O) groups excluding carboxylic acids is 2. The second-order valence-corrected chi connectivity index (χ2v) is 6.81. The van der Waals surface area contributed by atoms with Crippen LogP contribution in [0.1, 0.15) is 18.1 Å². The Balaban J connectivity index is 1.77. The lowest BCUT2D eigenvalue weighted by Gasteiger charge is -2.14. The molecule has 3 amide bonds. The lowest BCUT2D eigenvalue weighted by molar-refractivity contribution is -0.384. The summed E-state index contributed by atoms with van der Waals surface area (Å²) in [5.74, 6) is -1.23. The van der Waals surface area contributed by atoms with E-state index in [4.69, 9.17) is 14.6 Å². The van der Waals surface area contributed by atoms with Gasteiger partial charge in [0.1, 0.15) is 5.70 Å². The number of aliphatic carboxylic acids is 1. The molecule has 0 aliphatic carbocycles. The first-order valence-electron chi connectivity index (χ1n) is 9.35. The van der Waals surface area contributed by atoms with Crippen LogP contribution < -0.4 is 14.8 Å². The number of methoxy groups -OCH3 is 1. The van der Waals surface area contributed by atoms with E-state index in [1.54, 1.807) is 6.07 Å². The number of ether oxygens (including phenoxy) is 2. The number of carboxylic acids is 1. The summed E-state index contributed by atoms with van der Waals surface area (Å²) in [6.45, 7) is 1.33. The number of hydrogen-bond acceptors (Lipinski definition) is 7. The Morgan fingerprint density at radius 1 is 1.22 bits per heavy atom. The van der Waals surface area contributed by atoms with Crippen LogP contribution in [0.2, 0.25) is 0 Å². The molecule has 0 saturated carbocycles. The maximum atomic E-state index is 12.7. The van der Waals surface area contributed by atoms with Crippen molar-refractivity contribution in [1.29, 1.82) is 0 Å². The predicted octanol–water partition coefficient (Wildman–Crippen LogP) is 2.55. The third kappa shape index (κ3) is 4.83. The van der Waals surface area contributed by atoms with Crippen LogP contribution in [0.5, 0.6) is 11.5 Å². The fourth-order valence-corrected chi connectivity index (χ4v) is 2.90. The molecule has 3 rings (SSSR count). The topological polar surface area (TPSA) is 148 Å². The second-order valence-electron chi connectivity index (χ2n) is 6.81. The molecular weight excluding hydrogens is 422 g/mol. The zero-order valence-corrected chi connectivity index (χ0v) is 17.1. The molecule has 0 spiro atoms. The average Bonchev–Trinajstić information content (AvgIpc) is 3.02. The summed E-state index contributed by atoms with van der Waals surface area (Å²) in [6, 6.07) is 9.54. The van der Waals surface area contributed by atoms with Gasteiger partial charge in [-0.05, 0) is 36.3 Å². The highest BCUT2D eigenvalue weighted by Gasteiger charge is 2.33. The van der Waals surface area contributed by atoms with E-state index in [-0.39, 0.29) is 29.4 Å². The van der Waals surface area contributed by atoms with Gasteiger partial charge in [-0.25, -0.2) is 9.59 Å². The lowest BCUT2D eigenvalue weighted by atomic mass is 10.1. The van der Waals surface area contributed by atoms with Gasteiger partial charge >= 0.3 is 12.0 Å². The number of imide groups is 1. The highest BCUT2D eigenvalue weighted by atomic mass is 16.6. The van der Waals surface area contributed by atoms with Gasteiger partial charge in [0.2, 0.25) is 0 Å². The van der Waals surface area contributed by atoms with Crippen LogP contribution >= 0.6 is 0 Å². The molecule has 32 heavy (non-hydrogen) atoms. The van der Waals surface area contributed by atoms with Gasteiger partial charge < -0.3 is 19.9 Å². The first-order chi connectivity index (χ1) is 15.2. The number of nitrogens with zero attached hydrogens (tertiary/aromatic N) is 2. The zero-order valence-electron chi connectivity index (χ0n) is 17.1. The van der Waals surface area contributed by atoms with E-state index in [1.165, 1.54) is 56.5 Å². The molecule has 11 nitrogen and oxygen atoms in total. The number of nitro groups is 1. The van der Waals surface area contributed by atoms with Crippen LogP contribution in [0.25, 0.3) is 6.08 Å². The summed E-state index contributed by atoms with van der Waals surface area (Å²) in [5.41, 5.74) is 1.01. The van der Waals surface area contributed by atoms with Crippen LogP contribution in [-0.4, -0.2) is 46.1 Å². The molecule has 1 atom stereocenters. The minimum Gasteiger partial charge on any atom is -0.493 e. The first kappa shape index (κ1) is 22.3. The third-order valence-electron chi connectivity index (χ3n) is 4.60. The minimum atomic E-state index is -1.13. The highest BCUT2D eigenvalue weighted by molar-refractivity contribution is 6.13. The molecule has 2 aromatic rings. The molecule has 11 heteroatoms. The number of non-ortho nitro benzene ring substituents is 1. The van der Waals surface area contributed by atoms with Crippen LogP contribution in [0.4, 0.5) is 10.5 Å². The Bertz CT molecular complexity index is 1110. The van der Waals surface area contributed by atoms with Crippen molar-refractivity contribution in [3.05, 3.63) is 69.4 Å². The van der Waals surface area contributed by atoms with E-state index < -0.39 is 28.9 Å². The number of hydrogen-bond donors (Lipinski definition) is 2. The van der Waals surface area contributed by atoms with Crippen molar-refractivity contribution < 1.29 is 33.9 Å². The Labute approximate surface area is 182 Å². The summed E-state index contributed by atoms with van der Waals surface area (Å²) < 4.78 is 10.6. The lowest BCUT2D eigenvalue weighted by Crippen LogP contribution is -2.30. The molecule has 1 fully saturated rings. The zero-order chi connectivity index (χ0) is 23.4. The molecule has 0 bridgehead atoms. The van der Waals surface area contributed by atoms with Crippen molar-refractivity contribution in [3.8, 4) is 11.5 Å². The van der Waals surface area contributed by atoms with Crippen LogP contribution in [0.3, 0.4) is 0 Å². The van der Waals surface area contributed by atoms with E-state index in [2.05, 4.69) is 5.32 Å². The van der Waals surface area contributed by atoms with Gasteiger partial charge in [-0.2, -0.15) is 0 Å². The van der Waals surface area contributed by atoms with Crippen molar-refractivity contribution in [2.45, 2.75) is 19.6 Å². The number of nitrogens with one attached hydrogen (secondary N) is 1. The quantitative estimate of drug-likeness (QED) is 0.275. The number of benzene rings is 2. The standard InChI is InChI=1S/C21H19N3O8/c1-12(20(26)27)32-17-8-5-14(10-18(17)31-2)9-16-19(25)23(21(28)22-16)11-13-3-6-15(7-4-13)24(29)30/h3-10,12H,11H2,1-2H3,(H,22,28)(H,26,27)/b16-9+/t12-/m1/s1. The molecule has 1 aliphatic heterocycles. The van der Waals surface area contributed by atoms with Crippen molar-refractivity contribution in [3.63, 3.8) is 0 Å². The molecule has 2 N–H and O–H groups in total. The van der Waals surface area contributed by atoms with Gasteiger partial charge in [0.15, 0.2) is 17.6 Å². The molecule has 1 aliphatic rings. The summed E-state index contributed by atoms with van der Waals surface area (Å²) in [6.07, 6.45) is 0.361. The van der Waals surface area contributed by atoms with Crippen LogP contribution in [-0.2, 0) is 16.1 Å². The third-order valence-corrected chi connectivity index (χ3v) is 4.60. The normalized spacial score (nSPS) is 15.4. The summed E-state index contributed by atoms with van der Waals surface area (Å²) in [4.78, 5) is 47.1. The molecular formula is C21H19N3O8. The van der Waals surface area contributed by atoms with E-state index in [0.717, 1.165) is 4.90 Å². The average molecular weight is 441 g/mol. The summed E-state index contributed by atoms with van der Waals surface area (Å²) in [7, 11) is 1.39. The number of amides is 3. The van der Waals surface area contributed by atoms with Crippen molar-refractivity contribution >= 4 is 29.7 Å². The maximum Gasteiger partial charge on any atom is 0.344 e. The van der Waals surface area contributed by atoms with Crippen molar-refractivity contribution in [2.75, 3.05) is 7.11 Å². The smallest absolute Gasteiger partial charge is 0.344 e. The molecule has 1 heterocycles. The minimum absolute atomic E-state index is 0.0338. The Kier molecular flexibility index (Phi) is 6.38. The van der Waals surface area contributed by atoms with Crippen molar-refractivity contribution in [1.82, 2.24) is 10.2 Å². The van der Waals surface area contributed by atoms with Crippen LogP contribution in [0, 0.1) is 10.1 Å². The van der Waals surface area contributed by atoms with Crippen molar-refractivity contribution in [2.24, 2.45) is 0 Å². The molecule has 2 aromatic carbocycles. The number of carboxylic acid groups (broad SMARTS) is 1. The largest absolute Gasteiger partial charge is 0.493 e. The fourth-order valence-electron chi connectivity index (χ4n) is 2.90. The highest BCUT2D eigenvalue weighted by Crippen LogP contribution is 2.30. The Morgan fingerprint density at radius 3 is 2.50 bits per heavy atom. The van der Waals surface area contributed by atoms with E-state index in [0.29, 0.717) is 11.1 Å². The van der Waals surface area contributed by atoms with E-state index >= 15 is 0 Å². The molecule has 0 radical (unpaired) electrons. The number of carbonyl (C=O) groups is 3. The van der Waals surface area contributed by atoms with Gasteiger partial charge in [-0.3, -0.25) is 19.8 Å². The SMILES string of the molecule is COc1cc(/C=C2/NC(=O)N(Cc3ccc([N+](=O)[O-])cc3)C2=O)ccc1O[C@H](C)C(=O)O. The molecule has 166 valence electrons. The van der Waals surface area contributed by atoms with Gasteiger partial charge in [-0.15, -0.1) is 0 Å². The van der Waals surface area contributed by atoms with Gasteiger partial charge in [0.25, 0.3) is 11.6 Å². The Morgan fingerprint density at radius 2 is 1.91 bits per heavy atom. The monoisotopic (exact) mass is 441 g/mol. The summed E-state index contributed by atoms with van der Waals surface area (Å²) in [5, 5.41) is 22.2. The van der Waals surface area contributed by atoms with E-state index in [9.17, 15) is 24.5 Å². The van der Waals surface area contributed by atoms with Crippen LogP contribution in [0.15, 0.2) is 48.2 Å². The van der Waals surface area contributed by atoms with Gasteiger partial charge in [-0.1, -0.05) is 18.2 Å².